The van der Waals surface area contributed by atoms with Crippen LogP contribution in [0.25, 0.3) is 0 Å². The van der Waals surface area contributed by atoms with Gasteiger partial charge in [-0.05, 0) is 36.0 Å². The van der Waals surface area contributed by atoms with Gasteiger partial charge in [-0.3, -0.25) is 4.90 Å². The van der Waals surface area contributed by atoms with Crippen LogP contribution in [0.4, 0.5) is 11.4 Å². The first-order valence-corrected chi connectivity index (χ1v) is 5.98. The molecule has 1 aliphatic rings. The zero-order valence-electron chi connectivity index (χ0n) is 9.26. The van der Waals surface area contributed by atoms with Gasteiger partial charge in [0.25, 0.3) is 0 Å². The SMILES string of the molecule is S=C1NCc2ccccc2N1c1ccccc1. The molecule has 1 aliphatic heterocycles. The molecule has 0 aliphatic carbocycles. The van der Waals surface area contributed by atoms with Gasteiger partial charge in [0, 0.05) is 12.2 Å². The lowest BCUT2D eigenvalue weighted by Gasteiger charge is -2.32. The Morgan fingerprint density at radius 2 is 1.65 bits per heavy atom. The Balaban J connectivity index is 2.13. The van der Waals surface area contributed by atoms with Crippen LogP contribution in [0.1, 0.15) is 5.56 Å². The molecule has 84 valence electrons. The summed E-state index contributed by atoms with van der Waals surface area (Å²) in [4.78, 5) is 2.08. The second kappa shape index (κ2) is 4.18. The number of anilines is 2. The highest BCUT2D eigenvalue weighted by Crippen LogP contribution is 2.31. The summed E-state index contributed by atoms with van der Waals surface area (Å²) < 4.78 is 0. The second-order valence-electron chi connectivity index (χ2n) is 3.96. The van der Waals surface area contributed by atoms with Gasteiger partial charge in [-0.25, -0.2) is 0 Å². The average Bonchev–Trinajstić information content (AvgIpc) is 2.39. The van der Waals surface area contributed by atoms with Crippen molar-refractivity contribution in [2.75, 3.05) is 4.90 Å². The molecule has 0 aromatic heterocycles. The summed E-state index contributed by atoms with van der Waals surface area (Å²) in [7, 11) is 0. The third-order valence-corrected chi connectivity index (χ3v) is 3.21. The van der Waals surface area contributed by atoms with Crippen molar-refractivity contribution in [2.45, 2.75) is 6.54 Å². The molecule has 17 heavy (non-hydrogen) atoms. The molecule has 0 bridgehead atoms. The maximum absolute atomic E-state index is 5.40. The Morgan fingerprint density at radius 1 is 0.941 bits per heavy atom. The molecule has 2 nitrogen and oxygen atoms in total. The lowest BCUT2D eigenvalue weighted by molar-refractivity contribution is 0.884. The van der Waals surface area contributed by atoms with Crippen molar-refractivity contribution < 1.29 is 0 Å². The molecule has 2 aromatic carbocycles. The van der Waals surface area contributed by atoms with E-state index in [0.717, 1.165) is 17.3 Å². The van der Waals surface area contributed by atoms with E-state index in [9.17, 15) is 0 Å². The van der Waals surface area contributed by atoms with E-state index in [2.05, 4.69) is 40.5 Å². The molecule has 0 amide bonds. The van der Waals surface area contributed by atoms with Crippen LogP contribution in [-0.4, -0.2) is 5.11 Å². The van der Waals surface area contributed by atoms with E-state index >= 15 is 0 Å². The van der Waals surface area contributed by atoms with Crippen LogP contribution in [-0.2, 0) is 6.54 Å². The van der Waals surface area contributed by atoms with E-state index in [1.165, 1.54) is 11.3 Å². The fraction of sp³-hybridized carbons (Fsp3) is 0.0714. The van der Waals surface area contributed by atoms with Crippen molar-refractivity contribution in [1.29, 1.82) is 0 Å². The van der Waals surface area contributed by atoms with Crippen molar-refractivity contribution >= 4 is 28.7 Å². The van der Waals surface area contributed by atoms with Gasteiger partial charge in [-0.1, -0.05) is 36.4 Å². The van der Waals surface area contributed by atoms with Gasteiger partial charge in [0.05, 0.1) is 5.69 Å². The monoisotopic (exact) mass is 240 g/mol. The van der Waals surface area contributed by atoms with Crippen molar-refractivity contribution in [3.05, 3.63) is 60.2 Å². The van der Waals surface area contributed by atoms with E-state index in [4.69, 9.17) is 12.2 Å². The summed E-state index contributed by atoms with van der Waals surface area (Å²) in [6, 6.07) is 18.5. The first-order chi connectivity index (χ1) is 8.36. The lowest BCUT2D eigenvalue weighted by Crippen LogP contribution is -2.40. The highest BCUT2D eigenvalue weighted by Gasteiger charge is 2.21. The maximum Gasteiger partial charge on any atom is 0.178 e. The van der Waals surface area contributed by atoms with Crippen LogP contribution < -0.4 is 10.2 Å². The van der Waals surface area contributed by atoms with Crippen molar-refractivity contribution in [3.8, 4) is 0 Å². The van der Waals surface area contributed by atoms with Gasteiger partial charge >= 0.3 is 0 Å². The van der Waals surface area contributed by atoms with Crippen LogP contribution in [0.15, 0.2) is 54.6 Å². The van der Waals surface area contributed by atoms with Gasteiger partial charge in [0.1, 0.15) is 0 Å². The van der Waals surface area contributed by atoms with Gasteiger partial charge in [0.15, 0.2) is 5.11 Å². The Hall–Kier alpha value is -1.87. The van der Waals surface area contributed by atoms with Gasteiger partial charge < -0.3 is 5.32 Å². The molecule has 0 unspecified atom stereocenters. The topological polar surface area (TPSA) is 15.3 Å². The number of fused-ring (bicyclic) bond motifs is 1. The second-order valence-corrected chi connectivity index (χ2v) is 4.35. The Morgan fingerprint density at radius 3 is 2.47 bits per heavy atom. The summed E-state index contributed by atoms with van der Waals surface area (Å²) in [5, 5.41) is 4.00. The van der Waals surface area contributed by atoms with Crippen molar-refractivity contribution in [3.63, 3.8) is 0 Å². The Labute approximate surface area is 106 Å². The van der Waals surface area contributed by atoms with Crippen LogP contribution in [0, 0.1) is 0 Å². The van der Waals surface area contributed by atoms with E-state index in [0.29, 0.717) is 0 Å². The van der Waals surface area contributed by atoms with E-state index in [1.54, 1.807) is 0 Å². The van der Waals surface area contributed by atoms with Crippen LogP contribution in [0.2, 0.25) is 0 Å². The molecule has 3 rings (SSSR count). The quantitative estimate of drug-likeness (QED) is 0.771. The molecular formula is C14H12N2S. The number of benzene rings is 2. The molecular weight excluding hydrogens is 228 g/mol. The largest absolute Gasteiger partial charge is 0.358 e. The Kier molecular flexibility index (Phi) is 2.53. The van der Waals surface area contributed by atoms with Gasteiger partial charge in [-0.2, -0.15) is 0 Å². The number of hydrogen-bond acceptors (Lipinski definition) is 1. The molecule has 0 spiro atoms. The first kappa shape index (κ1) is 10.3. The minimum absolute atomic E-state index is 0.759. The zero-order valence-corrected chi connectivity index (χ0v) is 10.1. The van der Waals surface area contributed by atoms with E-state index in [1.807, 2.05) is 24.3 Å². The molecule has 0 saturated carbocycles. The highest BCUT2D eigenvalue weighted by atomic mass is 32.1. The molecule has 2 aromatic rings. The molecule has 1 heterocycles. The summed E-state index contributed by atoms with van der Waals surface area (Å²) in [6.45, 7) is 0.804. The molecule has 1 N–H and O–H groups in total. The number of hydrogen-bond donors (Lipinski definition) is 1. The van der Waals surface area contributed by atoms with Crippen LogP contribution in [0.3, 0.4) is 0 Å². The van der Waals surface area contributed by atoms with Crippen LogP contribution >= 0.6 is 12.2 Å². The molecule has 3 heteroatoms. The third kappa shape index (κ3) is 1.78. The highest BCUT2D eigenvalue weighted by molar-refractivity contribution is 7.80. The maximum atomic E-state index is 5.40. The fourth-order valence-corrected chi connectivity index (χ4v) is 2.35. The minimum Gasteiger partial charge on any atom is -0.358 e. The smallest absolute Gasteiger partial charge is 0.178 e. The van der Waals surface area contributed by atoms with Gasteiger partial charge in [-0.15, -0.1) is 0 Å². The molecule has 0 radical (unpaired) electrons. The molecule has 0 fully saturated rings. The zero-order chi connectivity index (χ0) is 11.7. The first-order valence-electron chi connectivity index (χ1n) is 5.57. The van der Waals surface area contributed by atoms with Crippen molar-refractivity contribution in [2.24, 2.45) is 0 Å². The van der Waals surface area contributed by atoms with Crippen molar-refractivity contribution in [1.82, 2.24) is 5.32 Å². The van der Waals surface area contributed by atoms with E-state index < -0.39 is 0 Å². The summed E-state index contributed by atoms with van der Waals surface area (Å²) in [5.41, 5.74) is 3.53. The number of nitrogens with one attached hydrogen (secondary N) is 1. The minimum atomic E-state index is 0.759. The number of rotatable bonds is 1. The molecule has 0 saturated heterocycles. The molecule has 0 atom stereocenters. The van der Waals surface area contributed by atoms with E-state index in [-0.39, 0.29) is 0 Å². The van der Waals surface area contributed by atoms with Gasteiger partial charge in [0.2, 0.25) is 0 Å². The lowest BCUT2D eigenvalue weighted by atomic mass is 10.1. The standard InChI is InChI=1S/C14H12N2S/c17-14-15-10-11-6-4-5-9-13(11)16(14)12-7-2-1-3-8-12/h1-9H,10H2,(H,15,17). The number of thiocarbonyl (C=S) groups is 1. The fourth-order valence-electron chi connectivity index (χ4n) is 2.07. The number of nitrogens with zero attached hydrogens (tertiary/aromatic N) is 1. The average molecular weight is 240 g/mol. The predicted octanol–water partition coefficient (Wildman–Crippen LogP) is 3.21. The summed E-state index contributed by atoms with van der Waals surface area (Å²) >= 11 is 5.40. The predicted molar refractivity (Wildman–Crippen MR) is 74.5 cm³/mol. The summed E-state index contributed by atoms with van der Waals surface area (Å²) in [5.74, 6) is 0. The number of para-hydroxylation sites is 2. The Bertz CT molecular complexity index is 551. The summed E-state index contributed by atoms with van der Waals surface area (Å²) in [6.07, 6.45) is 0. The third-order valence-electron chi connectivity index (χ3n) is 2.88. The normalized spacial score (nSPS) is 14.1. The van der Waals surface area contributed by atoms with Crippen LogP contribution in [0.5, 0.6) is 0 Å².